The molecule has 2 fully saturated rings. The summed E-state index contributed by atoms with van der Waals surface area (Å²) in [6.07, 6.45) is 4.89. The predicted octanol–water partition coefficient (Wildman–Crippen LogP) is 2.26. The minimum Gasteiger partial charge on any atom is -0.367 e. The van der Waals surface area contributed by atoms with E-state index in [1.165, 1.54) is 18.9 Å². The topological polar surface area (TPSA) is 28.2 Å². The highest BCUT2D eigenvalue weighted by molar-refractivity contribution is 5.35. The van der Waals surface area contributed by atoms with E-state index >= 15 is 0 Å². The lowest BCUT2D eigenvalue weighted by atomic mass is 9.98. The van der Waals surface area contributed by atoms with Crippen LogP contribution in [0.3, 0.4) is 0 Å². The van der Waals surface area contributed by atoms with Gasteiger partial charge < -0.3 is 10.2 Å². The van der Waals surface area contributed by atoms with Gasteiger partial charge in [-0.25, -0.2) is 4.98 Å². The summed E-state index contributed by atoms with van der Waals surface area (Å²) >= 11 is 0. The van der Waals surface area contributed by atoms with Crippen LogP contribution in [0, 0.1) is 5.95 Å². The summed E-state index contributed by atoms with van der Waals surface area (Å²) in [5, 5.41) is 3.37. The van der Waals surface area contributed by atoms with E-state index in [1.54, 1.807) is 6.07 Å². The molecule has 0 aromatic carbocycles. The highest BCUT2D eigenvalue weighted by atomic mass is 19.1. The van der Waals surface area contributed by atoms with Crippen molar-refractivity contribution in [2.24, 2.45) is 0 Å². The molecule has 0 spiro atoms. The largest absolute Gasteiger partial charge is 0.367 e. The maximum absolute atomic E-state index is 13.0. The SMILES string of the molecule is CN1C2CCC1CC(Nc1cccc(F)n1)C2. The second kappa shape index (κ2) is 4.26. The number of aromatic nitrogens is 1. The third-order valence-electron chi connectivity index (χ3n) is 4.17. The first-order valence-electron chi connectivity index (χ1n) is 6.33. The van der Waals surface area contributed by atoms with Crippen molar-refractivity contribution >= 4 is 5.82 Å². The van der Waals surface area contributed by atoms with Crippen molar-refractivity contribution in [1.29, 1.82) is 0 Å². The Morgan fingerprint density at radius 1 is 1.29 bits per heavy atom. The number of fused-ring (bicyclic) bond motifs is 2. The fourth-order valence-corrected chi connectivity index (χ4v) is 3.23. The van der Waals surface area contributed by atoms with Crippen molar-refractivity contribution in [1.82, 2.24) is 9.88 Å². The summed E-state index contributed by atoms with van der Waals surface area (Å²) in [7, 11) is 2.22. The van der Waals surface area contributed by atoms with E-state index in [0.29, 0.717) is 23.9 Å². The molecule has 0 aliphatic carbocycles. The van der Waals surface area contributed by atoms with Gasteiger partial charge in [0.1, 0.15) is 5.82 Å². The van der Waals surface area contributed by atoms with E-state index in [-0.39, 0.29) is 0 Å². The zero-order valence-corrected chi connectivity index (χ0v) is 10.1. The van der Waals surface area contributed by atoms with Crippen LogP contribution in [0.5, 0.6) is 0 Å². The quantitative estimate of drug-likeness (QED) is 0.797. The highest BCUT2D eigenvalue weighted by Gasteiger charge is 2.38. The van der Waals surface area contributed by atoms with Crippen LogP contribution in [0.2, 0.25) is 0 Å². The van der Waals surface area contributed by atoms with Crippen LogP contribution in [-0.4, -0.2) is 35.1 Å². The van der Waals surface area contributed by atoms with Gasteiger partial charge >= 0.3 is 0 Å². The summed E-state index contributed by atoms with van der Waals surface area (Å²) in [6, 6.07) is 6.75. The normalized spacial score (nSPS) is 32.7. The molecule has 3 rings (SSSR count). The molecule has 2 unspecified atom stereocenters. The Morgan fingerprint density at radius 2 is 2.00 bits per heavy atom. The molecule has 3 nitrogen and oxygen atoms in total. The van der Waals surface area contributed by atoms with Crippen LogP contribution in [0.1, 0.15) is 25.7 Å². The molecule has 0 amide bonds. The standard InChI is InChI=1S/C13H18FN3/c1-17-10-5-6-11(17)8-9(7-10)15-13-4-2-3-12(14)16-13/h2-4,9-11H,5-8H2,1H3,(H,15,16). The van der Waals surface area contributed by atoms with Crippen molar-refractivity contribution in [3.63, 3.8) is 0 Å². The maximum Gasteiger partial charge on any atom is 0.214 e. The first-order valence-corrected chi connectivity index (χ1v) is 6.33. The van der Waals surface area contributed by atoms with Gasteiger partial charge in [0.25, 0.3) is 0 Å². The zero-order chi connectivity index (χ0) is 11.8. The van der Waals surface area contributed by atoms with E-state index in [4.69, 9.17) is 0 Å². The summed E-state index contributed by atoms with van der Waals surface area (Å²) in [6.45, 7) is 0. The highest BCUT2D eigenvalue weighted by Crippen LogP contribution is 2.35. The van der Waals surface area contributed by atoms with E-state index in [2.05, 4.69) is 22.2 Å². The average Bonchev–Trinajstić information content (AvgIpc) is 2.52. The molecule has 0 saturated carbocycles. The van der Waals surface area contributed by atoms with Crippen LogP contribution < -0.4 is 5.32 Å². The van der Waals surface area contributed by atoms with E-state index in [9.17, 15) is 4.39 Å². The Labute approximate surface area is 101 Å². The van der Waals surface area contributed by atoms with Gasteiger partial charge in [-0.1, -0.05) is 6.07 Å². The van der Waals surface area contributed by atoms with Gasteiger partial charge in [-0.15, -0.1) is 0 Å². The van der Waals surface area contributed by atoms with Crippen molar-refractivity contribution in [3.8, 4) is 0 Å². The number of piperidine rings is 1. The lowest BCUT2D eigenvalue weighted by Gasteiger charge is -2.36. The first-order chi connectivity index (χ1) is 8.22. The summed E-state index contributed by atoms with van der Waals surface area (Å²) in [5.74, 6) is 0.254. The Morgan fingerprint density at radius 3 is 2.65 bits per heavy atom. The summed E-state index contributed by atoms with van der Waals surface area (Å²) < 4.78 is 13.0. The van der Waals surface area contributed by atoms with Crippen LogP contribution in [0.25, 0.3) is 0 Å². The minimum absolute atomic E-state index is 0.411. The molecule has 2 aliphatic heterocycles. The van der Waals surface area contributed by atoms with E-state index in [1.807, 2.05) is 6.07 Å². The van der Waals surface area contributed by atoms with Gasteiger partial charge in [-0.3, -0.25) is 0 Å². The molecule has 4 heteroatoms. The predicted molar refractivity (Wildman–Crippen MR) is 65.4 cm³/mol. The Kier molecular flexibility index (Phi) is 2.74. The summed E-state index contributed by atoms with van der Waals surface area (Å²) in [4.78, 5) is 6.36. The third-order valence-corrected chi connectivity index (χ3v) is 4.17. The lowest BCUT2D eigenvalue weighted by molar-refractivity contribution is 0.168. The number of halogens is 1. The molecule has 1 aromatic rings. The van der Waals surface area contributed by atoms with Crippen molar-refractivity contribution < 1.29 is 4.39 Å². The number of hydrogen-bond donors (Lipinski definition) is 1. The molecular formula is C13H18FN3. The van der Waals surface area contributed by atoms with Gasteiger partial charge in [0.2, 0.25) is 5.95 Å². The fraction of sp³-hybridized carbons (Fsp3) is 0.615. The Bertz CT molecular complexity index is 395. The lowest BCUT2D eigenvalue weighted by Crippen LogP contribution is -2.44. The number of nitrogens with one attached hydrogen (secondary N) is 1. The molecular weight excluding hydrogens is 217 g/mol. The molecule has 0 radical (unpaired) electrons. The third kappa shape index (κ3) is 2.14. The number of hydrogen-bond acceptors (Lipinski definition) is 3. The monoisotopic (exact) mass is 235 g/mol. The Hall–Kier alpha value is -1.16. The molecule has 92 valence electrons. The van der Waals surface area contributed by atoms with Gasteiger partial charge in [-0.2, -0.15) is 4.39 Å². The number of rotatable bonds is 2. The summed E-state index contributed by atoms with van der Waals surface area (Å²) in [5.41, 5.74) is 0. The molecule has 17 heavy (non-hydrogen) atoms. The second-order valence-corrected chi connectivity index (χ2v) is 5.21. The first kappa shape index (κ1) is 11.0. The molecule has 2 aliphatic rings. The fourth-order valence-electron chi connectivity index (χ4n) is 3.23. The van der Waals surface area contributed by atoms with E-state index in [0.717, 1.165) is 12.8 Å². The molecule has 2 bridgehead atoms. The van der Waals surface area contributed by atoms with Gasteiger partial charge in [0.15, 0.2) is 0 Å². The maximum atomic E-state index is 13.0. The van der Waals surface area contributed by atoms with Crippen LogP contribution >= 0.6 is 0 Å². The van der Waals surface area contributed by atoms with Crippen LogP contribution in [-0.2, 0) is 0 Å². The number of nitrogens with zero attached hydrogens (tertiary/aromatic N) is 2. The number of anilines is 1. The smallest absolute Gasteiger partial charge is 0.214 e. The molecule has 2 saturated heterocycles. The average molecular weight is 235 g/mol. The molecule has 1 N–H and O–H groups in total. The Balaban J connectivity index is 1.67. The minimum atomic E-state index is -0.411. The van der Waals surface area contributed by atoms with Crippen molar-refractivity contribution in [2.45, 2.75) is 43.8 Å². The zero-order valence-electron chi connectivity index (χ0n) is 10.1. The number of pyridine rings is 1. The van der Waals surface area contributed by atoms with E-state index < -0.39 is 5.95 Å². The van der Waals surface area contributed by atoms with Gasteiger partial charge in [0.05, 0.1) is 0 Å². The van der Waals surface area contributed by atoms with Crippen LogP contribution in [0.4, 0.5) is 10.2 Å². The second-order valence-electron chi connectivity index (χ2n) is 5.21. The molecule has 3 heterocycles. The molecule has 1 aromatic heterocycles. The van der Waals surface area contributed by atoms with Crippen molar-refractivity contribution in [2.75, 3.05) is 12.4 Å². The van der Waals surface area contributed by atoms with Gasteiger partial charge in [0, 0.05) is 18.1 Å². The van der Waals surface area contributed by atoms with Gasteiger partial charge in [-0.05, 0) is 44.9 Å². The van der Waals surface area contributed by atoms with Crippen LogP contribution in [0.15, 0.2) is 18.2 Å². The molecule has 2 atom stereocenters. The van der Waals surface area contributed by atoms with Crippen molar-refractivity contribution in [3.05, 3.63) is 24.1 Å².